The number of aryl methyl sites for hydroxylation is 1. The zero-order valence-electron chi connectivity index (χ0n) is 14.3. The second-order valence-electron chi connectivity index (χ2n) is 5.71. The van der Waals surface area contributed by atoms with Gasteiger partial charge in [0.05, 0.1) is 10.6 Å². The van der Waals surface area contributed by atoms with Gasteiger partial charge in [-0.25, -0.2) is 13.4 Å². The fraction of sp³-hybridized carbons (Fsp3) is 0.111. The van der Waals surface area contributed by atoms with Crippen molar-refractivity contribution in [2.24, 2.45) is 0 Å². The van der Waals surface area contributed by atoms with Crippen molar-refractivity contribution in [3.05, 3.63) is 63.4 Å². The van der Waals surface area contributed by atoms with Crippen molar-refractivity contribution >= 4 is 48.1 Å². The van der Waals surface area contributed by atoms with E-state index in [9.17, 15) is 22.0 Å². The van der Waals surface area contributed by atoms with Gasteiger partial charge < -0.3 is 0 Å². The Hall–Kier alpha value is -2.17. The Kier molecular flexibility index (Phi) is 5.92. The van der Waals surface area contributed by atoms with E-state index in [1.807, 2.05) is 31.2 Å². The van der Waals surface area contributed by atoms with E-state index in [2.05, 4.69) is 26.2 Å². The summed E-state index contributed by atoms with van der Waals surface area (Å²) in [6.45, 7) is 1.88. The molecule has 0 aliphatic heterocycles. The average molecular weight is 487 g/mol. The number of thiazole rings is 1. The van der Waals surface area contributed by atoms with Crippen LogP contribution in [0.4, 0.5) is 13.9 Å². The van der Waals surface area contributed by atoms with Crippen molar-refractivity contribution in [1.82, 2.24) is 4.98 Å². The number of nitrogens with one attached hydrogen (secondary N) is 1. The van der Waals surface area contributed by atoms with Crippen LogP contribution in [0.5, 0.6) is 0 Å². The lowest BCUT2D eigenvalue weighted by atomic mass is 10.1. The number of nitrogens with zero attached hydrogens (tertiary/aromatic N) is 1. The summed E-state index contributed by atoms with van der Waals surface area (Å²) >= 11 is 4.67. The predicted octanol–water partition coefficient (Wildman–Crippen LogP) is 5.13. The largest absolute Gasteiger partial charge is 0.341 e. The molecule has 0 radical (unpaired) electrons. The van der Waals surface area contributed by atoms with Crippen LogP contribution in [-0.2, 0) is 9.84 Å². The average Bonchev–Trinajstić information content (AvgIpc) is 3.02. The molecule has 0 aliphatic carbocycles. The van der Waals surface area contributed by atoms with E-state index in [0.717, 1.165) is 32.7 Å². The zero-order valence-corrected chi connectivity index (χ0v) is 17.5. The molecule has 1 amide bonds. The number of sulfone groups is 1. The lowest BCUT2D eigenvalue weighted by Gasteiger charge is -2.05. The molecule has 3 rings (SSSR count). The van der Waals surface area contributed by atoms with Gasteiger partial charge >= 0.3 is 5.76 Å². The van der Waals surface area contributed by atoms with Crippen molar-refractivity contribution < 1.29 is 22.0 Å². The van der Waals surface area contributed by atoms with Crippen LogP contribution < -0.4 is 5.32 Å². The minimum Gasteiger partial charge on any atom is -0.298 e. The number of carbonyl (C=O) groups is 1. The molecule has 0 unspecified atom stereocenters. The summed E-state index contributed by atoms with van der Waals surface area (Å²) in [6, 6.07) is 11.9. The minimum absolute atomic E-state index is 0.131. The van der Waals surface area contributed by atoms with Crippen LogP contribution in [-0.4, -0.2) is 25.1 Å². The monoisotopic (exact) mass is 486 g/mol. The topological polar surface area (TPSA) is 76.1 Å². The summed E-state index contributed by atoms with van der Waals surface area (Å²) in [7, 11) is -4.69. The summed E-state index contributed by atoms with van der Waals surface area (Å²) in [5.74, 6) is -4.03. The molecule has 10 heteroatoms. The molecule has 0 saturated heterocycles. The molecule has 1 heterocycles. The van der Waals surface area contributed by atoms with E-state index in [-0.39, 0.29) is 5.56 Å². The molecular weight excluding hydrogens is 474 g/mol. The summed E-state index contributed by atoms with van der Waals surface area (Å²) in [5, 5.41) is 3.02. The first-order valence-corrected chi connectivity index (χ1v) is 11.0. The highest BCUT2D eigenvalue weighted by Crippen LogP contribution is 2.31. The van der Waals surface area contributed by atoms with Crippen LogP contribution in [0.3, 0.4) is 0 Å². The lowest BCUT2D eigenvalue weighted by Crippen LogP contribution is -2.14. The maximum atomic E-state index is 12.6. The third-order valence-electron chi connectivity index (χ3n) is 3.81. The van der Waals surface area contributed by atoms with Gasteiger partial charge in [-0.05, 0) is 43.3 Å². The number of anilines is 1. The quantitative estimate of drug-likeness (QED) is 0.542. The van der Waals surface area contributed by atoms with Crippen LogP contribution in [0.2, 0.25) is 0 Å². The highest BCUT2D eigenvalue weighted by molar-refractivity contribution is 9.10. The number of hydrogen-bond donors (Lipinski definition) is 1. The van der Waals surface area contributed by atoms with Crippen molar-refractivity contribution in [3.63, 3.8) is 0 Å². The van der Waals surface area contributed by atoms with Crippen LogP contribution in [0.25, 0.3) is 11.3 Å². The Bertz CT molecular complexity index is 1110. The van der Waals surface area contributed by atoms with Crippen LogP contribution in [0.1, 0.15) is 15.2 Å². The number of amides is 1. The Balaban J connectivity index is 1.78. The van der Waals surface area contributed by atoms with E-state index in [0.29, 0.717) is 5.13 Å². The fourth-order valence-corrected chi connectivity index (χ4v) is 4.21. The first-order valence-electron chi connectivity index (χ1n) is 7.85. The van der Waals surface area contributed by atoms with Crippen LogP contribution >= 0.6 is 27.3 Å². The van der Waals surface area contributed by atoms with Gasteiger partial charge in [-0.3, -0.25) is 10.1 Å². The van der Waals surface area contributed by atoms with Crippen molar-refractivity contribution in [3.8, 4) is 11.3 Å². The minimum atomic E-state index is -4.69. The summed E-state index contributed by atoms with van der Waals surface area (Å²) in [6.07, 6.45) is 0. The summed E-state index contributed by atoms with van der Waals surface area (Å²) in [4.78, 5) is 17.2. The van der Waals surface area contributed by atoms with Gasteiger partial charge in [-0.15, -0.1) is 11.3 Å². The van der Waals surface area contributed by atoms with Crippen molar-refractivity contribution in [2.75, 3.05) is 5.32 Å². The highest BCUT2D eigenvalue weighted by Gasteiger charge is 2.26. The molecule has 0 spiro atoms. The van der Waals surface area contributed by atoms with Crippen molar-refractivity contribution in [1.29, 1.82) is 0 Å². The SMILES string of the molecule is Cc1sc(NC(=O)c2ccc(S(=O)(=O)C(F)F)cc2)nc1-c1ccc(Br)cc1. The zero-order chi connectivity index (χ0) is 20.5. The van der Waals surface area contributed by atoms with Gasteiger partial charge in [-0.2, -0.15) is 8.78 Å². The van der Waals surface area contributed by atoms with E-state index in [1.54, 1.807) is 0 Å². The molecule has 2 aromatic carbocycles. The molecule has 1 aromatic heterocycles. The lowest BCUT2D eigenvalue weighted by molar-refractivity contribution is 0.102. The Morgan fingerprint density at radius 2 is 1.71 bits per heavy atom. The van der Waals surface area contributed by atoms with Gasteiger partial charge in [0.1, 0.15) is 0 Å². The molecular formula is C18H13BrF2N2O3S2. The third kappa shape index (κ3) is 4.29. The number of aromatic nitrogens is 1. The Morgan fingerprint density at radius 3 is 2.29 bits per heavy atom. The second kappa shape index (κ2) is 8.06. The molecule has 0 fully saturated rings. The highest BCUT2D eigenvalue weighted by atomic mass is 79.9. The first-order chi connectivity index (χ1) is 13.2. The number of alkyl halides is 2. The van der Waals surface area contributed by atoms with E-state index in [4.69, 9.17) is 0 Å². The number of carbonyl (C=O) groups excluding carboxylic acids is 1. The smallest absolute Gasteiger partial charge is 0.298 e. The van der Waals surface area contributed by atoms with Gasteiger partial charge in [-0.1, -0.05) is 28.1 Å². The number of rotatable bonds is 5. The Morgan fingerprint density at radius 1 is 1.11 bits per heavy atom. The number of benzene rings is 2. The maximum absolute atomic E-state index is 12.6. The molecule has 5 nitrogen and oxygen atoms in total. The predicted molar refractivity (Wildman–Crippen MR) is 108 cm³/mol. The molecule has 0 bridgehead atoms. The molecule has 0 atom stereocenters. The van der Waals surface area contributed by atoms with Crippen molar-refractivity contribution in [2.45, 2.75) is 17.6 Å². The Labute approximate surface area is 172 Å². The molecule has 0 aliphatic rings. The summed E-state index contributed by atoms with van der Waals surface area (Å²) < 4.78 is 49.0. The normalized spacial score (nSPS) is 11.6. The molecule has 3 aromatic rings. The van der Waals surface area contributed by atoms with Gasteiger partial charge in [0.25, 0.3) is 5.91 Å². The number of hydrogen-bond acceptors (Lipinski definition) is 5. The molecule has 28 heavy (non-hydrogen) atoms. The van der Waals surface area contributed by atoms with Gasteiger partial charge in [0.15, 0.2) is 5.13 Å². The second-order valence-corrected chi connectivity index (χ2v) is 9.75. The standard InChI is InChI=1S/C18H13BrF2N2O3S2/c1-10-15(11-2-6-13(19)7-3-11)22-18(27-10)23-16(24)12-4-8-14(9-5-12)28(25,26)17(20)21/h2-9,17H,1H3,(H,22,23,24). The first kappa shape index (κ1) is 20.6. The van der Waals surface area contributed by atoms with E-state index in [1.165, 1.54) is 23.5 Å². The number of halogens is 3. The molecule has 146 valence electrons. The maximum Gasteiger partial charge on any atom is 0.341 e. The molecule has 0 saturated carbocycles. The third-order valence-corrected chi connectivity index (χ3v) is 6.63. The van der Waals surface area contributed by atoms with Crippen LogP contribution in [0, 0.1) is 6.92 Å². The van der Waals surface area contributed by atoms with E-state index < -0.39 is 26.4 Å². The molecule has 1 N–H and O–H groups in total. The summed E-state index contributed by atoms with van der Waals surface area (Å²) in [5.41, 5.74) is 1.77. The van der Waals surface area contributed by atoms with Crippen LogP contribution in [0.15, 0.2) is 57.9 Å². The van der Waals surface area contributed by atoms with Gasteiger partial charge in [0.2, 0.25) is 9.84 Å². The van der Waals surface area contributed by atoms with Gasteiger partial charge in [0, 0.05) is 20.5 Å². The van der Waals surface area contributed by atoms with E-state index >= 15 is 0 Å². The fourth-order valence-electron chi connectivity index (χ4n) is 2.39.